The maximum atomic E-state index is 12.0. The molecule has 1 aromatic heterocycles. The molecule has 1 saturated heterocycles. The van der Waals surface area contributed by atoms with Crippen molar-refractivity contribution in [3.8, 4) is 0 Å². The van der Waals surface area contributed by atoms with Gasteiger partial charge in [0, 0.05) is 25.7 Å². The summed E-state index contributed by atoms with van der Waals surface area (Å²) in [5.41, 5.74) is 2.02. The first-order chi connectivity index (χ1) is 7.68. The number of nitrogens with zero attached hydrogens (tertiary/aromatic N) is 3. The highest BCUT2D eigenvalue weighted by atomic mass is 16.2. The Hall–Kier alpha value is -1.69. The van der Waals surface area contributed by atoms with Gasteiger partial charge in [-0.15, -0.1) is 0 Å². The van der Waals surface area contributed by atoms with Crippen LogP contribution in [-0.4, -0.2) is 46.1 Å². The summed E-state index contributed by atoms with van der Waals surface area (Å²) in [6, 6.07) is 0. The van der Waals surface area contributed by atoms with E-state index in [1.54, 1.807) is 11.9 Å². The molecule has 0 saturated carbocycles. The molecule has 0 aliphatic carbocycles. The van der Waals surface area contributed by atoms with E-state index in [1.807, 2.05) is 6.92 Å². The van der Waals surface area contributed by atoms with Crippen molar-refractivity contribution in [2.75, 3.05) is 20.1 Å². The highest BCUT2D eigenvalue weighted by Gasteiger charge is 2.19. The van der Waals surface area contributed by atoms with Gasteiger partial charge in [0.05, 0.1) is 6.54 Å². The van der Waals surface area contributed by atoms with Gasteiger partial charge in [-0.3, -0.25) is 9.89 Å². The van der Waals surface area contributed by atoms with Crippen molar-refractivity contribution in [2.24, 2.45) is 0 Å². The number of hydrogen-bond acceptors (Lipinski definition) is 4. The topological polar surface area (TPSA) is 73.9 Å². The summed E-state index contributed by atoms with van der Waals surface area (Å²) >= 11 is 0. The zero-order valence-corrected chi connectivity index (χ0v) is 9.45. The first kappa shape index (κ1) is 10.8. The van der Waals surface area contributed by atoms with Crippen molar-refractivity contribution in [1.82, 2.24) is 25.4 Å². The van der Waals surface area contributed by atoms with E-state index in [9.17, 15) is 4.79 Å². The van der Waals surface area contributed by atoms with Crippen molar-refractivity contribution in [1.29, 1.82) is 0 Å². The molecule has 1 aliphatic rings. The van der Waals surface area contributed by atoms with Gasteiger partial charge >= 0.3 is 0 Å². The van der Waals surface area contributed by atoms with Crippen molar-refractivity contribution in [2.45, 2.75) is 13.5 Å². The Morgan fingerprint density at radius 3 is 2.81 bits per heavy atom. The molecule has 1 aromatic rings. The van der Waals surface area contributed by atoms with Gasteiger partial charge in [-0.2, -0.15) is 5.10 Å². The van der Waals surface area contributed by atoms with Crippen LogP contribution in [0.25, 0.3) is 0 Å². The van der Waals surface area contributed by atoms with Gasteiger partial charge in [0.15, 0.2) is 0 Å². The first-order valence-electron chi connectivity index (χ1n) is 5.17. The molecule has 86 valence electrons. The molecule has 1 fully saturated rings. The summed E-state index contributed by atoms with van der Waals surface area (Å²) in [5.74, 6) is 0.744. The van der Waals surface area contributed by atoms with Crippen LogP contribution < -0.4 is 5.32 Å². The van der Waals surface area contributed by atoms with Crippen LogP contribution in [0.15, 0.2) is 17.5 Å². The smallest absolute Gasteiger partial charge is 0.249 e. The maximum absolute atomic E-state index is 12.0. The predicted octanol–water partition coefficient (Wildman–Crippen LogP) is -0.317. The van der Waals surface area contributed by atoms with Crippen molar-refractivity contribution >= 4 is 5.91 Å². The Morgan fingerprint density at radius 2 is 2.31 bits per heavy atom. The molecular weight excluding hydrogens is 206 g/mol. The van der Waals surface area contributed by atoms with Crippen molar-refractivity contribution < 1.29 is 4.79 Å². The minimum atomic E-state index is 0.0490. The molecule has 0 unspecified atom stereocenters. The van der Waals surface area contributed by atoms with Gasteiger partial charge in [0.2, 0.25) is 5.91 Å². The number of hydrogen-bond donors (Lipinski definition) is 2. The average molecular weight is 221 g/mol. The lowest BCUT2D eigenvalue weighted by Crippen LogP contribution is -2.38. The van der Waals surface area contributed by atoms with Crippen LogP contribution in [0.2, 0.25) is 0 Å². The molecule has 6 nitrogen and oxygen atoms in total. The fraction of sp³-hybridized carbons (Fsp3) is 0.500. The third kappa shape index (κ3) is 2.11. The lowest BCUT2D eigenvalue weighted by Gasteiger charge is -2.24. The second-order valence-electron chi connectivity index (χ2n) is 3.93. The van der Waals surface area contributed by atoms with Gasteiger partial charge in [-0.25, -0.2) is 4.98 Å². The Kier molecular flexibility index (Phi) is 3.00. The summed E-state index contributed by atoms with van der Waals surface area (Å²) in [7, 11) is 1.76. The molecule has 1 aliphatic heterocycles. The summed E-state index contributed by atoms with van der Waals surface area (Å²) < 4.78 is 0. The van der Waals surface area contributed by atoms with Gasteiger partial charge < -0.3 is 10.2 Å². The number of carbonyl (C=O) groups excluding carboxylic acids is 1. The van der Waals surface area contributed by atoms with Crippen molar-refractivity contribution in [3.05, 3.63) is 23.3 Å². The minimum Gasteiger partial charge on any atom is -0.334 e. The molecule has 0 aromatic carbocycles. The largest absolute Gasteiger partial charge is 0.334 e. The van der Waals surface area contributed by atoms with Crippen LogP contribution in [-0.2, 0) is 11.3 Å². The number of aromatic nitrogens is 3. The number of carbonyl (C=O) groups is 1. The van der Waals surface area contributed by atoms with E-state index in [0.717, 1.165) is 18.7 Å². The fourth-order valence-electron chi connectivity index (χ4n) is 1.56. The quantitative estimate of drug-likeness (QED) is 0.686. The minimum absolute atomic E-state index is 0.0490. The average Bonchev–Trinajstić information content (AvgIpc) is 2.66. The Labute approximate surface area is 93.7 Å². The van der Waals surface area contributed by atoms with Crippen LogP contribution in [0.4, 0.5) is 0 Å². The molecule has 0 atom stereocenters. The maximum Gasteiger partial charge on any atom is 0.249 e. The molecule has 2 heterocycles. The Bertz CT molecular complexity index is 403. The van der Waals surface area contributed by atoms with Crippen LogP contribution in [0, 0.1) is 0 Å². The Balaban J connectivity index is 1.99. The molecular formula is C10H15N5O. The van der Waals surface area contributed by atoms with Gasteiger partial charge in [0.1, 0.15) is 12.2 Å². The van der Waals surface area contributed by atoms with Crippen LogP contribution in [0.1, 0.15) is 12.7 Å². The number of nitrogens with one attached hydrogen (secondary N) is 2. The second kappa shape index (κ2) is 4.44. The molecule has 0 bridgehead atoms. The van der Waals surface area contributed by atoms with E-state index in [0.29, 0.717) is 12.4 Å². The zero-order chi connectivity index (χ0) is 11.5. The van der Waals surface area contributed by atoms with Crippen LogP contribution in [0.3, 0.4) is 0 Å². The highest BCUT2D eigenvalue weighted by molar-refractivity contribution is 5.93. The molecule has 6 heteroatoms. The number of aromatic amines is 1. The molecule has 16 heavy (non-hydrogen) atoms. The lowest BCUT2D eigenvalue weighted by molar-refractivity contribution is -0.126. The van der Waals surface area contributed by atoms with E-state index in [2.05, 4.69) is 20.5 Å². The molecule has 2 N–H and O–H groups in total. The molecule has 0 radical (unpaired) electrons. The first-order valence-corrected chi connectivity index (χ1v) is 5.17. The van der Waals surface area contributed by atoms with Crippen LogP contribution >= 0.6 is 0 Å². The number of H-pyrrole nitrogens is 1. The van der Waals surface area contributed by atoms with Crippen LogP contribution in [0.5, 0.6) is 0 Å². The van der Waals surface area contributed by atoms with E-state index in [1.165, 1.54) is 11.9 Å². The molecule has 0 spiro atoms. The van der Waals surface area contributed by atoms with E-state index in [-0.39, 0.29) is 5.91 Å². The summed E-state index contributed by atoms with van der Waals surface area (Å²) in [5, 5.41) is 9.61. The highest BCUT2D eigenvalue weighted by Crippen LogP contribution is 2.11. The zero-order valence-electron chi connectivity index (χ0n) is 9.45. The SMILES string of the molecule is CC(C(=O)N(C)Cc1ncn[nH]1)=C1CNC1. The third-order valence-corrected chi connectivity index (χ3v) is 2.73. The summed E-state index contributed by atoms with van der Waals surface area (Å²) in [4.78, 5) is 17.6. The van der Waals surface area contributed by atoms with E-state index >= 15 is 0 Å². The summed E-state index contributed by atoms with van der Waals surface area (Å²) in [6.07, 6.45) is 1.44. The monoisotopic (exact) mass is 221 g/mol. The van der Waals surface area contributed by atoms with E-state index < -0.39 is 0 Å². The lowest BCUT2D eigenvalue weighted by atomic mass is 10.0. The number of likely N-dealkylation sites (N-methyl/N-ethyl adjacent to an activating group) is 1. The standard InChI is InChI=1S/C10H15N5O/c1-7(8-3-11-4-8)10(16)15(2)5-9-12-6-13-14-9/h6,11H,3-5H2,1-2H3,(H,12,13,14). The van der Waals surface area contributed by atoms with Gasteiger partial charge in [-0.05, 0) is 12.5 Å². The van der Waals surface area contributed by atoms with Gasteiger partial charge in [0.25, 0.3) is 0 Å². The van der Waals surface area contributed by atoms with E-state index in [4.69, 9.17) is 0 Å². The summed E-state index contributed by atoms with van der Waals surface area (Å²) in [6.45, 7) is 3.98. The predicted molar refractivity (Wildman–Crippen MR) is 58.4 cm³/mol. The fourth-order valence-corrected chi connectivity index (χ4v) is 1.56. The number of amides is 1. The number of rotatable bonds is 3. The molecule has 1 amide bonds. The third-order valence-electron chi connectivity index (χ3n) is 2.73. The van der Waals surface area contributed by atoms with Crippen molar-refractivity contribution in [3.63, 3.8) is 0 Å². The molecule has 2 rings (SSSR count). The second-order valence-corrected chi connectivity index (χ2v) is 3.93. The normalized spacial score (nSPS) is 14.5. The Morgan fingerprint density at radius 1 is 1.56 bits per heavy atom. The van der Waals surface area contributed by atoms with Gasteiger partial charge in [-0.1, -0.05) is 0 Å².